The lowest BCUT2D eigenvalue weighted by Crippen LogP contribution is -2.45. The predicted molar refractivity (Wildman–Crippen MR) is 329 cm³/mol. The number of carbonyl (C=O) groups excluding carboxylic acids is 2. The highest BCUT2D eigenvalue weighted by molar-refractivity contribution is 5.76. The number of esters is 1. The monoisotopic (exact) mass is 1060 g/mol. The minimum Gasteiger partial charge on any atom is -0.466 e. The fourth-order valence-corrected chi connectivity index (χ4v) is 11.1. The first kappa shape index (κ1) is 73.6. The molecule has 0 radical (unpaired) electrons. The fourth-order valence-electron chi connectivity index (χ4n) is 11.1. The largest absolute Gasteiger partial charge is 0.466 e. The zero-order valence-corrected chi connectivity index (χ0v) is 51.1. The maximum atomic E-state index is 12.5. The van der Waals surface area contributed by atoms with Gasteiger partial charge >= 0.3 is 5.97 Å². The Bertz CT molecular complexity index is 1130. The Morgan fingerprint density at radius 2 is 0.627 bits per heavy atom. The van der Waals surface area contributed by atoms with E-state index < -0.39 is 12.1 Å². The van der Waals surface area contributed by atoms with E-state index >= 15 is 0 Å². The highest BCUT2D eigenvalue weighted by atomic mass is 16.5. The van der Waals surface area contributed by atoms with Gasteiger partial charge in [-0.05, 0) is 51.4 Å². The van der Waals surface area contributed by atoms with Gasteiger partial charge in [-0.2, -0.15) is 0 Å². The Morgan fingerprint density at radius 1 is 0.360 bits per heavy atom. The zero-order valence-electron chi connectivity index (χ0n) is 51.1. The number of ether oxygens (including phenoxy) is 1. The molecule has 0 aromatic rings. The van der Waals surface area contributed by atoms with Gasteiger partial charge in [-0.3, -0.25) is 9.59 Å². The third-order valence-electron chi connectivity index (χ3n) is 16.3. The van der Waals surface area contributed by atoms with Crippen molar-refractivity contribution in [3.8, 4) is 0 Å². The van der Waals surface area contributed by atoms with E-state index in [1.807, 2.05) is 0 Å². The molecule has 6 nitrogen and oxygen atoms in total. The molecule has 0 fully saturated rings. The summed E-state index contributed by atoms with van der Waals surface area (Å²) in [6, 6.07) is -0.545. The van der Waals surface area contributed by atoms with Crippen molar-refractivity contribution in [2.75, 3.05) is 13.2 Å². The number of hydrogen-bond donors (Lipinski definition) is 3. The summed E-state index contributed by atoms with van der Waals surface area (Å²) < 4.78 is 5.50. The quantitative estimate of drug-likeness (QED) is 0.0320. The van der Waals surface area contributed by atoms with Gasteiger partial charge in [-0.15, -0.1) is 0 Å². The normalized spacial score (nSPS) is 12.5. The smallest absolute Gasteiger partial charge is 0.305 e. The summed E-state index contributed by atoms with van der Waals surface area (Å²) in [5.41, 5.74) is 0. The van der Waals surface area contributed by atoms with Crippen molar-refractivity contribution in [2.45, 2.75) is 405 Å². The van der Waals surface area contributed by atoms with Gasteiger partial charge in [-0.25, -0.2) is 0 Å². The summed E-state index contributed by atoms with van der Waals surface area (Å²) in [5.74, 6) is -0.0259. The molecule has 0 aromatic heterocycles. The number of rotatable bonds is 65. The molecule has 0 rings (SSSR count). The van der Waals surface area contributed by atoms with Crippen LogP contribution in [0.3, 0.4) is 0 Å². The van der Waals surface area contributed by atoms with Crippen molar-refractivity contribution in [2.24, 2.45) is 0 Å². The van der Waals surface area contributed by atoms with Crippen molar-refractivity contribution in [3.63, 3.8) is 0 Å². The standard InChI is InChI=1S/C69H135NO5/c1-3-5-7-9-11-13-15-17-19-21-23-24-26-29-33-37-41-45-49-53-57-61-67(72)66(65-71)70-68(73)62-58-54-50-46-42-38-34-30-27-28-32-36-40-44-48-52-56-60-64-75-69(74)63-59-55-51-47-43-39-35-31-25-22-20-18-16-14-12-10-8-6-4-2/h18,20,66-67,71-72H,3-17,19,21-65H2,1-2H3,(H,70,73)/b20-18-. The summed E-state index contributed by atoms with van der Waals surface area (Å²) >= 11 is 0. The van der Waals surface area contributed by atoms with Crippen LogP contribution in [0.15, 0.2) is 12.2 Å². The number of carbonyl (C=O) groups is 2. The molecule has 2 unspecified atom stereocenters. The van der Waals surface area contributed by atoms with E-state index in [9.17, 15) is 19.8 Å². The van der Waals surface area contributed by atoms with Crippen molar-refractivity contribution in [1.82, 2.24) is 5.32 Å². The van der Waals surface area contributed by atoms with Crippen LogP contribution < -0.4 is 5.32 Å². The Morgan fingerprint density at radius 3 is 0.947 bits per heavy atom. The molecule has 0 spiro atoms. The lowest BCUT2D eigenvalue weighted by molar-refractivity contribution is -0.143. The molecule has 3 N–H and O–H groups in total. The Kier molecular flexibility index (Phi) is 63.9. The van der Waals surface area contributed by atoms with E-state index in [2.05, 4.69) is 31.3 Å². The highest BCUT2D eigenvalue weighted by Crippen LogP contribution is 2.19. The first-order chi connectivity index (χ1) is 37.0. The second-order valence-electron chi connectivity index (χ2n) is 23.9. The Balaban J connectivity index is 3.38. The number of aliphatic hydroxyl groups is 2. The van der Waals surface area contributed by atoms with Crippen LogP contribution in [0.5, 0.6) is 0 Å². The first-order valence-corrected chi connectivity index (χ1v) is 34.4. The molecular formula is C69H135NO5. The summed E-state index contributed by atoms with van der Waals surface area (Å²) in [5, 5.41) is 23.4. The second kappa shape index (κ2) is 65.1. The van der Waals surface area contributed by atoms with Gasteiger partial charge < -0.3 is 20.3 Å². The van der Waals surface area contributed by atoms with Crippen molar-refractivity contribution >= 4 is 11.9 Å². The molecule has 0 heterocycles. The topological polar surface area (TPSA) is 95.9 Å². The SMILES string of the molecule is CCCCCCCC/C=C\CCCCCCCCCCCC(=O)OCCCCCCCCCCCCCCCCCCCCC(=O)NC(CO)C(O)CCCCCCCCCCCCCCCCCCCCCCC. The van der Waals surface area contributed by atoms with Crippen LogP contribution in [0, 0.1) is 0 Å². The van der Waals surface area contributed by atoms with E-state index in [0.29, 0.717) is 25.9 Å². The fraction of sp³-hybridized carbons (Fsp3) is 0.942. The van der Waals surface area contributed by atoms with Crippen LogP contribution in [0.1, 0.15) is 393 Å². The number of amides is 1. The maximum Gasteiger partial charge on any atom is 0.305 e. The minimum atomic E-state index is -0.668. The third kappa shape index (κ3) is 61.7. The van der Waals surface area contributed by atoms with Gasteiger partial charge in [-0.1, -0.05) is 341 Å². The summed E-state index contributed by atoms with van der Waals surface area (Å²) in [6.07, 6.45) is 79.5. The first-order valence-electron chi connectivity index (χ1n) is 34.4. The molecule has 0 aliphatic carbocycles. The van der Waals surface area contributed by atoms with Gasteiger partial charge in [0.15, 0.2) is 0 Å². The molecule has 0 aromatic carbocycles. The number of hydrogen-bond acceptors (Lipinski definition) is 5. The van der Waals surface area contributed by atoms with Crippen LogP contribution in [0.4, 0.5) is 0 Å². The van der Waals surface area contributed by atoms with E-state index in [1.165, 1.54) is 315 Å². The van der Waals surface area contributed by atoms with Crippen LogP contribution in [0.2, 0.25) is 0 Å². The molecule has 0 saturated heterocycles. The average molecular weight is 1060 g/mol. The van der Waals surface area contributed by atoms with Gasteiger partial charge in [0.2, 0.25) is 5.91 Å². The molecule has 0 aliphatic rings. The van der Waals surface area contributed by atoms with E-state index in [1.54, 1.807) is 0 Å². The van der Waals surface area contributed by atoms with Gasteiger partial charge in [0, 0.05) is 12.8 Å². The lowest BCUT2D eigenvalue weighted by Gasteiger charge is -2.22. The highest BCUT2D eigenvalue weighted by Gasteiger charge is 2.20. The summed E-state index contributed by atoms with van der Waals surface area (Å²) in [6.45, 7) is 4.98. The molecule has 0 saturated carbocycles. The molecule has 0 bridgehead atoms. The number of allylic oxidation sites excluding steroid dienone is 2. The van der Waals surface area contributed by atoms with Crippen molar-refractivity contribution in [3.05, 3.63) is 12.2 Å². The zero-order chi connectivity index (χ0) is 54.3. The van der Waals surface area contributed by atoms with Crippen molar-refractivity contribution in [1.29, 1.82) is 0 Å². The van der Waals surface area contributed by atoms with Gasteiger partial charge in [0.25, 0.3) is 0 Å². The van der Waals surface area contributed by atoms with E-state index in [-0.39, 0.29) is 18.5 Å². The molecule has 75 heavy (non-hydrogen) atoms. The maximum absolute atomic E-state index is 12.5. The molecule has 0 aliphatic heterocycles. The lowest BCUT2D eigenvalue weighted by atomic mass is 10.0. The summed E-state index contributed by atoms with van der Waals surface area (Å²) in [4.78, 5) is 24.7. The summed E-state index contributed by atoms with van der Waals surface area (Å²) in [7, 11) is 0. The molecule has 446 valence electrons. The van der Waals surface area contributed by atoms with E-state index in [4.69, 9.17) is 4.74 Å². The van der Waals surface area contributed by atoms with E-state index in [0.717, 1.165) is 44.9 Å². The number of aliphatic hydroxyl groups excluding tert-OH is 2. The molecule has 2 atom stereocenters. The molecular weight excluding hydrogens is 923 g/mol. The second-order valence-corrected chi connectivity index (χ2v) is 23.9. The van der Waals surface area contributed by atoms with Crippen LogP contribution in [0.25, 0.3) is 0 Å². The molecule has 1 amide bonds. The van der Waals surface area contributed by atoms with Crippen molar-refractivity contribution < 1.29 is 24.5 Å². The Hall–Kier alpha value is -1.40. The Labute approximate surface area is 469 Å². The average Bonchev–Trinajstić information content (AvgIpc) is 3.41. The third-order valence-corrected chi connectivity index (χ3v) is 16.3. The van der Waals surface area contributed by atoms with Crippen LogP contribution in [-0.4, -0.2) is 47.4 Å². The van der Waals surface area contributed by atoms with Gasteiger partial charge in [0.05, 0.1) is 25.4 Å². The number of unbranched alkanes of at least 4 members (excludes halogenated alkanes) is 52. The number of nitrogens with one attached hydrogen (secondary N) is 1. The van der Waals surface area contributed by atoms with Crippen LogP contribution >= 0.6 is 0 Å². The predicted octanol–water partition coefficient (Wildman–Crippen LogP) is 22.0. The minimum absolute atomic E-state index is 0.00835. The van der Waals surface area contributed by atoms with Crippen LogP contribution in [-0.2, 0) is 14.3 Å². The van der Waals surface area contributed by atoms with Gasteiger partial charge in [0.1, 0.15) is 0 Å². The molecule has 6 heteroatoms.